The SMILES string of the molecule is Cc1ccnc(NS(=O)(=O)c2ccc(NS(=O)(=O)c3cn(Cc4ccccc4)nc3C)cc2)n1. The van der Waals surface area contributed by atoms with Crippen LogP contribution in [0.4, 0.5) is 11.6 Å². The van der Waals surface area contributed by atoms with Gasteiger partial charge in [0.1, 0.15) is 4.90 Å². The largest absolute Gasteiger partial charge is 0.280 e. The van der Waals surface area contributed by atoms with Crippen LogP contribution in [0.25, 0.3) is 0 Å². The van der Waals surface area contributed by atoms with E-state index in [2.05, 4.69) is 24.5 Å². The summed E-state index contributed by atoms with van der Waals surface area (Å²) in [6.45, 7) is 3.76. The predicted octanol–water partition coefficient (Wildman–Crippen LogP) is 2.94. The molecule has 2 aromatic carbocycles. The molecule has 2 N–H and O–H groups in total. The first-order chi connectivity index (χ1) is 16.1. The van der Waals surface area contributed by atoms with E-state index in [0.29, 0.717) is 17.9 Å². The summed E-state index contributed by atoms with van der Waals surface area (Å²) in [4.78, 5) is 7.88. The molecule has 0 bridgehead atoms. The summed E-state index contributed by atoms with van der Waals surface area (Å²) in [7, 11) is -7.88. The van der Waals surface area contributed by atoms with Gasteiger partial charge >= 0.3 is 0 Å². The lowest BCUT2D eigenvalue weighted by atomic mass is 10.2. The van der Waals surface area contributed by atoms with Gasteiger partial charge in [-0.25, -0.2) is 31.5 Å². The van der Waals surface area contributed by atoms with Crippen molar-refractivity contribution in [3.8, 4) is 0 Å². The number of anilines is 2. The fourth-order valence-electron chi connectivity index (χ4n) is 3.20. The normalized spacial score (nSPS) is 11.8. The van der Waals surface area contributed by atoms with Gasteiger partial charge in [-0.15, -0.1) is 0 Å². The van der Waals surface area contributed by atoms with Crippen LogP contribution in [0.5, 0.6) is 0 Å². The third-order valence-electron chi connectivity index (χ3n) is 4.82. The average Bonchev–Trinajstić information content (AvgIpc) is 3.15. The van der Waals surface area contributed by atoms with Crippen molar-refractivity contribution in [2.45, 2.75) is 30.2 Å². The lowest BCUT2D eigenvalue weighted by Crippen LogP contribution is -2.16. The molecule has 2 heterocycles. The van der Waals surface area contributed by atoms with Crippen molar-refractivity contribution >= 4 is 31.7 Å². The van der Waals surface area contributed by atoms with E-state index in [4.69, 9.17) is 0 Å². The van der Waals surface area contributed by atoms with Gasteiger partial charge in [-0.05, 0) is 49.7 Å². The molecular formula is C22H22N6O4S2. The number of hydrogen-bond acceptors (Lipinski definition) is 7. The van der Waals surface area contributed by atoms with Gasteiger partial charge in [0.05, 0.1) is 17.1 Å². The number of benzene rings is 2. The second-order valence-corrected chi connectivity index (χ2v) is 10.9. The summed E-state index contributed by atoms with van der Waals surface area (Å²) in [5, 5.41) is 4.30. The van der Waals surface area contributed by atoms with E-state index in [1.165, 1.54) is 36.7 Å². The Morgan fingerprint density at radius 2 is 1.56 bits per heavy atom. The first-order valence-electron chi connectivity index (χ1n) is 10.2. The third-order valence-corrected chi connectivity index (χ3v) is 7.64. The summed E-state index contributed by atoms with van der Waals surface area (Å²) in [6, 6.07) is 16.5. The van der Waals surface area contributed by atoms with E-state index in [1.54, 1.807) is 24.6 Å². The van der Waals surface area contributed by atoms with E-state index >= 15 is 0 Å². The highest BCUT2D eigenvalue weighted by Crippen LogP contribution is 2.21. The van der Waals surface area contributed by atoms with Crippen LogP contribution in [-0.4, -0.2) is 36.6 Å². The zero-order chi connectivity index (χ0) is 24.3. The van der Waals surface area contributed by atoms with E-state index < -0.39 is 20.0 Å². The first kappa shape index (κ1) is 23.4. The highest BCUT2D eigenvalue weighted by atomic mass is 32.2. The van der Waals surface area contributed by atoms with Gasteiger partial charge in [0.25, 0.3) is 20.0 Å². The fraction of sp³-hybridized carbons (Fsp3) is 0.136. The molecule has 0 amide bonds. The Bertz CT molecular complexity index is 1520. The van der Waals surface area contributed by atoms with Crippen molar-refractivity contribution in [2.75, 3.05) is 9.44 Å². The molecule has 0 fully saturated rings. The number of aryl methyl sites for hydroxylation is 2. The van der Waals surface area contributed by atoms with Crippen molar-refractivity contribution in [1.82, 2.24) is 19.7 Å². The molecule has 4 aromatic rings. The van der Waals surface area contributed by atoms with Gasteiger partial charge in [-0.1, -0.05) is 30.3 Å². The van der Waals surface area contributed by atoms with Gasteiger partial charge in [0.15, 0.2) is 0 Å². The number of sulfonamides is 2. The highest BCUT2D eigenvalue weighted by molar-refractivity contribution is 7.93. The maximum Gasteiger partial charge on any atom is 0.265 e. The molecule has 10 nitrogen and oxygen atoms in total. The molecule has 176 valence electrons. The van der Waals surface area contributed by atoms with E-state index in [9.17, 15) is 16.8 Å². The summed E-state index contributed by atoms with van der Waals surface area (Å²) in [5.74, 6) is -0.0484. The Labute approximate surface area is 197 Å². The minimum atomic E-state index is -3.94. The summed E-state index contributed by atoms with van der Waals surface area (Å²) < 4.78 is 57.4. The van der Waals surface area contributed by atoms with Crippen LogP contribution in [0.3, 0.4) is 0 Å². The zero-order valence-electron chi connectivity index (χ0n) is 18.4. The van der Waals surface area contributed by atoms with Crippen molar-refractivity contribution in [3.05, 3.63) is 90.0 Å². The number of rotatable bonds is 8. The minimum absolute atomic E-state index is 0.0402. The first-order valence-corrected chi connectivity index (χ1v) is 13.1. The van der Waals surface area contributed by atoms with E-state index in [0.717, 1.165) is 5.56 Å². The topological polar surface area (TPSA) is 136 Å². The second kappa shape index (κ2) is 9.23. The lowest BCUT2D eigenvalue weighted by Gasteiger charge is -2.09. The molecule has 0 saturated heterocycles. The number of nitrogens with one attached hydrogen (secondary N) is 2. The predicted molar refractivity (Wildman–Crippen MR) is 127 cm³/mol. The van der Waals surface area contributed by atoms with E-state index in [-0.39, 0.29) is 21.4 Å². The molecule has 0 saturated carbocycles. The summed E-state index contributed by atoms with van der Waals surface area (Å²) in [6.07, 6.45) is 2.91. The molecule has 0 radical (unpaired) electrons. The number of nitrogens with zero attached hydrogens (tertiary/aromatic N) is 4. The molecule has 12 heteroatoms. The van der Waals surface area contributed by atoms with Crippen LogP contribution >= 0.6 is 0 Å². The molecular weight excluding hydrogens is 476 g/mol. The van der Waals surface area contributed by atoms with Crippen LogP contribution in [0.1, 0.15) is 17.0 Å². The summed E-state index contributed by atoms with van der Waals surface area (Å²) in [5.41, 5.74) is 2.16. The number of aromatic nitrogens is 4. The van der Waals surface area contributed by atoms with Gasteiger partial charge in [0.2, 0.25) is 5.95 Å². The standard InChI is InChI=1S/C22H22N6O4S2/c1-16-12-13-23-22(24-16)27-33(29,30)20-10-8-19(9-11-20)26-34(31,32)21-15-28(25-17(21)2)14-18-6-4-3-5-7-18/h3-13,15,26H,14H2,1-2H3,(H,23,24,27). The zero-order valence-corrected chi connectivity index (χ0v) is 20.0. The molecule has 0 aliphatic carbocycles. The summed E-state index contributed by atoms with van der Waals surface area (Å²) >= 11 is 0. The Hall–Kier alpha value is -3.77. The minimum Gasteiger partial charge on any atom is -0.280 e. The van der Waals surface area contributed by atoms with Crippen LogP contribution < -0.4 is 9.44 Å². The fourth-order valence-corrected chi connectivity index (χ4v) is 5.40. The molecule has 0 aliphatic rings. The van der Waals surface area contributed by atoms with Crippen LogP contribution in [0.15, 0.2) is 82.8 Å². The Balaban J connectivity index is 1.49. The maximum absolute atomic E-state index is 12.9. The molecule has 0 unspecified atom stereocenters. The molecule has 4 rings (SSSR count). The molecule has 34 heavy (non-hydrogen) atoms. The van der Waals surface area contributed by atoms with Crippen molar-refractivity contribution in [1.29, 1.82) is 0 Å². The van der Waals surface area contributed by atoms with Crippen molar-refractivity contribution in [3.63, 3.8) is 0 Å². The number of hydrogen-bond donors (Lipinski definition) is 2. The Morgan fingerprint density at radius 3 is 2.24 bits per heavy atom. The van der Waals surface area contributed by atoms with Crippen LogP contribution in [-0.2, 0) is 26.6 Å². The quantitative estimate of drug-likeness (QED) is 0.381. The third kappa shape index (κ3) is 5.41. The molecule has 0 spiro atoms. The smallest absolute Gasteiger partial charge is 0.265 e. The molecule has 2 aromatic heterocycles. The Morgan fingerprint density at radius 1 is 0.853 bits per heavy atom. The molecule has 0 aliphatic heterocycles. The van der Waals surface area contributed by atoms with Gasteiger partial charge in [-0.3, -0.25) is 9.40 Å². The average molecular weight is 499 g/mol. The Kier molecular flexibility index (Phi) is 6.35. The second-order valence-electron chi connectivity index (χ2n) is 7.52. The van der Waals surface area contributed by atoms with Crippen LogP contribution in [0.2, 0.25) is 0 Å². The lowest BCUT2D eigenvalue weighted by molar-refractivity contribution is 0.599. The van der Waals surface area contributed by atoms with E-state index in [1.807, 2.05) is 30.3 Å². The highest BCUT2D eigenvalue weighted by Gasteiger charge is 2.21. The molecule has 0 atom stereocenters. The maximum atomic E-state index is 12.9. The monoisotopic (exact) mass is 498 g/mol. The van der Waals surface area contributed by atoms with Gasteiger partial charge < -0.3 is 0 Å². The van der Waals surface area contributed by atoms with Gasteiger partial charge in [-0.2, -0.15) is 5.10 Å². The van der Waals surface area contributed by atoms with Crippen molar-refractivity contribution in [2.24, 2.45) is 0 Å². The van der Waals surface area contributed by atoms with Gasteiger partial charge in [0, 0.05) is 23.8 Å². The van der Waals surface area contributed by atoms with Crippen LogP contribution in [0, 0.1) is 13.8 Å². The van der Waals surface area contributed by atoms with Crippen molar-refractivity contribution < 1.29 is 16.8 Å².